The van der Waals surface area contributed by atoms with Gasteiger partial charge in [0, 0.05) is 44.3 Å². The van der Waals surface area contributed by atoms with Crippen molar-refractivity contribution in [3.63, 3.8) is 0 Å². The Morgan fingerprint density at radius 1 is 1.22 bits per heavy atom. The van der Waals surface area contributed by atoms with E-state index in [1.54, 1.807) is 0 Å². The fourth-order valence-corrected chi connectivity index (χ4v) is 4.69. The van der Waals surface area contributed by atoms with Gasteiger partial charge in [0.05, 0.1) is 24.0 Å². The molecule has 0 saturated carbocycles. The molecule has 2 N–H and O–H groups in total. The van der Waals surface area contributed by atoms with Crippen molar-refractivity contribution in [3.05, 3.63) is 35.9 Å². The van der Waals surface area contributed by atoms with Gasteiger partial charge < -0.3 is 25.2 Å². The topological polar surface area (TPSA) is 83.4 Å². The number of hydrogen-bond acceptors (Lipinski definition) is 8. The van der Waals surface area contributed by atoms with E-state index in [0.29, 0.717) is 50.9 Å². The lowest BCUT2D eigenvalue weighted by atomic mass is 10.1. The summed E-state index contributed by atoms with van der Waals surface area (Å²) < 4.78 is 48.4. The predicted octanol–water partition coefficient (Wildman–Crippen LogP) is 4.30. The van der Waals surface area contributed by atoms with Gasteiger partial charge in [0.15, 0.2) is 0 Å². The van der Waals surface area contributed by atoms with Crippen LogP contribution in [0.3, 0.4) is 0 Å². The second kappa shape index (κ2) is 12.1. The highest BCUT2D eigenvalue weighted by atomic mass is 19.4. The zero-order valence-corrected chi connectivity index (χ0v) is 21.6. The summed E-state index contributed by atoms with van der Waals surface area (Å²) in [5.74, 6) is -0.130. The molecule has 2 aromatic rings. The highest BCUT2D eigenvalue weighted by molar-refractivity contribution is 5.58. The van der Waals surface area contributed by atoms with Crippen LogP contribution in [0, 0.1) is 0 Å². The fraction of sp³-hybridized carbons (Fsp3) is 0.640. The van der Waals surface area contributed by atoms with Crippen LogP contribution < -0.4 is 10.6 Å². The maximum atomic E-state index is 13.7. The van der Waals surface area contributed by atoms with Gasteiger partial charge >= 0.3 is 6.18 Å². The lowest BCUT2D eigenvalue weighted by Crippen LogP contribution is -2.31. The largest absolute Gasteiger partial charge is 0.421 e. The van der Waals surface area contributed by atoms with E-state index in [4.69, 9.17) is 9.84 Å². The van der Waals surface area contributed by atoms with E-state index in [2.05, 4.69) is 44.0 Å². The van der Waals surface area contributed by atoms with Crippen molar-refractivity contribution in [1.29, 1.82) is 0 Å². The zero-order valence-electron chi connectivity index (χ0n) is 21.6. The monoisotopic (exact) mass is 522 g/mol. The number of likely N-dealkylation sites (tertiary alicyclic amines) is 1. The van der Waals surface area contributed by atoms with Gasteiger partial charge in [-0.05, 0) is 52.2 Å². The predicted molar refractivity (Wildman–Crippen MR) is 137 cm³/mol. The summed E-state index contributed by atoms with van der Waals surface area (Å²) in [6.45, 7) is 11.1. The van der Waals surface area contributed by atoms with Crippen molar-refractivity contribution in [2.75, 3.05) is 63.6 Å². The van der Waals surface area contributed by atoms with Gasteiger partial charge in [0.25, 0.3) is 0 Å². The molecule has 2 aliphatic rings. The Morgan fingerprint density at radius 2 is 2.00 bits per heavy atom. The molecule has 2 fully saturated rings. The molecule has 37 heavy (non-hydrogen) atoms. The minimum atomic E-state index is -4.56. The number of hydrogen-bond donors (Lipinski definition) is 2. The Kier molecular flexibility index (Phi) is 8.91. The molecule has 0 amide bonds. The second-order valence-corrected chi connectivity index (χ2v) is 9.68. The number of ether oxygens (including phenoxy) is 1. The molecule has 0 radical (unpaired) electrons. The molecule has 0 aromatic carbocycles. The maximum Gasteiger partial charge on any atom is 0.421 e. The fourth-order valence-electron chi connectivity index (χ4n) is 4.69. The molecule has 9 nitrogen and oxygen atoms in total. The first-order valence-corrected chi connectivity index (χ1v) is 13.0. The molecule has 0 bridgehead atoms. The summed E-state index contributed by atoms with van der Waals surface area (Å²) in [5.41, 5.74) is 1.56. The average Bonchev–Trinajstić information content (AvgIpc) is 3.15. The Balaban J connectivity index is 1.44. The zero-order chi connectivity index (χ0) is 26.4. The van der Waals surface area contributed by atoms with Crippen LogP contribution in [0.15, 0.2) is 24.7 Å². The van der Waals surface area contributed by atoms with Gasteiger partial charge in [-0.1, -0.05) is 13.5 Å². The third-order valence-corrected chi connectivity index (χ3v) is 6.88. The molecular weight excluding hydrogens is 485 g/mol. The third kappa shape index (κ3) is 7.13. The van der Waals surface area contributed by atoms with Gasteiger partial charge in [-0.15, -0.1) is 0 Å². The van der Waals surface area contributed by atoms with Crippen LogP contribution in [-0.2, 0) is 17.3 Å². The van der Waals surface area contributed by atoms with E-state index < -0.39 is 11.7 Å². The van der Waals surface area contributed by atoms with E-state index in [1.165, 1.54) is 0 Å². The lowest BCUT2D eigenvalue weighted by molar-refractivity contribution is -0.137. The smallest absolute Gasteiger partial charge is 0.375 e. The molecule has 0 spiro atoms. The molecule has 4 rings (SSSR count). The van der Waals surface area contributed by atoms with Crippen LogP contribution >= 0.6 is 0 Å². The Hall–Kier alpha value is -2.86. The first-order valence-electron chi connectivity index (χ1n) is 13.0. The highest BCUT2D eigenvalue weighted by Crippen LogP contribution is 2.34. The molecule has 0 atom stereocenters. The molecule has 2 aliphatic heterocycles. The normalized spacial score (nSPS) is 18.2. The quantitative estimate of drug-likeness (QED) is 0.472. The molecule has 0 aliphatic carbocycles. The van der Waals surface area contributed by atoms with E-state index in [-0.39, 0.29) is 11.8 Å². The van der Waals surface area contributed by atoms with E-state index in [9.17, 15) is 13.2 Å². The van der Waals surface area contributed by atoms with Gasteiger partial charge in [0.2, 0.25) is 5.95 Å². The molecule has 2 saturated heterocycles. The lowest BCUT2D eigenvalue weighted by Gasteiger charge is -2.28. The minimum absolute atomic E-state index is 0.103. The summed E-state index contributed by atoms with van der Waals surface area (Å²) >= 11 is 0. The summed E-state index contributed by atoms with van der Waals surface area (Å²) in [6, 6.07) is 0.301. The van der Waals surface area contributed by atoms with Crippen LogP contribution in [0.4, 0.5) is 30.6 Å². The SMILES string of the molecule is C=C1COCCCN1CCCNc1nc(Nc2cn(C3CCN(C)CC3)nc2CC)ncc1C(F)(F)F. The van der Waals surface area contributed by atoms with Gasteiger partial charge in [-0.3, -0.25) is 4.68 Å². The van der Waals surface area contributed by atoms with Crippen LogP contribution in [0.1, 0.15) is 49.9 Å². The van der Waals surface area contributed by atoms with Crippen molar-refractivity contribution in [2.24, 2.45) is 0 Å². The number of aryl methyl sites for hydroxylation is 1. The summed E-state index contributed by atoms with van der Waals surface area (Å²) in [7, 11) is 2.11. The Morgan fingerprint density at radius 3 is 2.73 bits per heavy atom. The molecule has 0 unspecified atom stereocenters. The van der Waals surface area contributed by atoms with Crippen molar-refractivity contribution in [2.45, 2.75) is 51.2 Å². The Bertz CT molecular complexity index is 1050. The summed E-state index contributed by atoms with van der Waals surface area (Å²) in [5, 5.41) is 10.7. The van der Waals surface area contributed by atoms with Crippen molar-refractivity contribution in [1.82, 2.24) is 29.5 Å². The third-order valence-electron chi connectivity index (χ3n) is 6.88. The number of piperidine rings is 1. The van der Waals surface area contributed by atoms with Crippen molar-refractivity contribution >= 4 is 17.5 Å². The Labute approximate surface area is 216 Å². The number of anilines is 3. The molecule has 2 aromatic heterocycles. The maximum absolute atomic E-state index is 13.7. The molecular formula is C25H37F3N8O. The summed E-state index contributed by atoms with van der Waals surface area (Å²) in [6.07, 6.45) is 2.41. The number of rotatable bonds is 9. The molecule has 204 valence electrons. The van der Waals surface area contributed by atoms with E-state index in [0.717, 1.165) is 56.5 Å². The van der Waals surface area contributed by atoms with E-state index >= 15 is 0 Å². The van der Waals surface area contributed by atoms with Crippen molar-refractivity contribution < 1.29 is 17.9 Å². The van der Waals surface area contributed by atoms with Crippen molar-refractivity contribution in [3.8, 4) is 0 Å². The number of nitrogens with zero attached hydrogens (tertiary/aromatic N) is 6. The van der Waals surface area contributed by atoms with Crippen LogP contribution in [0.2, 0.25) is 0 Å². The average molecular weight is 523 g/mol. The van der Waals surface area contributed by atoms with Gasteiger partial charge in [-0.25, -0.2) is 4.98 Å². The van der Waals surface area contributed by atoms with Crippen LogP contribution in [0.25, 0.3) is 0 Å². The van der Waals surface area contributed by atoms with E-state index in [1.807, 2.05) is 17.8 Å². The number of aromatic nitrogens is 4. The number of halogens is 3. The van der Waals surface area contributed by atoms with Gasteiger partial charge in [0.1, 0.15) is 11.4 Å². The van der Waals surface area contributed by atoms with Gasteiger partial charge in [-0.2, -0.15) is 23.3 Å². The first kappa shape index (κ1) is 27.2. The minimum Gasteiger partial charge on any atom is -0.375 e. The number of alkyl halides is 3. The molecule has 12 heteroatoms. The first-order chi connectivity index (χ1) is 17.7. The molecule has 4 heterocycles. The second-order valence-electron chi connectivity index (χ2n) is 9.68. The number of nitrogens with one attached hydrogen (secondary N) is 2. The standard InChI is InChI=1S/C25H37F3N8O/c1-4-21-22(16-36(33-21)19-7-12-34(3)13-8-19)31-24-30-15-20(25(26,27)28)23(32-24)29-9-5-10-35-11-6-14-37-17-18(35)2/h15-16,19H,2,4-14,17H2,1,3H3,(H2,29,30,31,32). The summed E-state index contributed by atoms with van der Waals surface area (Å²) in [4.78, 5) is 12.6. The highest BCUT2D eigenvalue weighted by Gasteiger charge is 2.35. The van der Waals surface area contributed by atoms with Crippen LogP contribution in [-0.4, -0.2) is 82.5 Å². The van der Waals surface area contributed by atoms with Crippen LogP contribution in [0.5, 0.6) is 0 Å².